The van der Waals surface area contributed by atoms with Crippen molar-refractivity contribution in [2.75, 3.05) is 0 Å². The van der Waals surface area contributed by atoms with E-state index in [1.807, 2.05) is 106 Å². The summed E-state index contributed by atoms with van der Waals surface area (Å²) in [5, 5.41) is 2.12. The van der Waals surface area contributed by atoms with Crippen molar-refractivity contribution in [1.82, 2.24) is 14.1 Å². The van der Waals surface area contributed by atoms with Gasteiger partial charge in [0.25, 0.3) is 6.33 Å². The van der Waals surface area contributed by atoms with Crippen LogP contribution >= 0.6 is 0 Å². The summed E-state index contributed by atoms with van der Waals surface area (Å²) in [4.78, 5) is 4.85. The molecule has 0 N–H and O–H groups in total. The molecule has 0 amide bonds. The van der Waals surface area contributed by atoms with E-state index in [-0.39, 0.29) is 44.1 Å². The maximum atomic E-state index is 9.36. The van der Waals surface area contributed by atoms with E-state index in [1.54, 1.807) is 0 Å². The largest absolute Gasteiger partial charge is 0.510 e. The first-order valence-corrected chi connectivity index (χ1v) is 23.0. The molecule has 70 heavy (non-hydrogen) atoms. The molecule has 1 aliphatic carbocycles. The predicted octanol–water partition coefficient (Wildman–Crippen LogP) is 15.5. The summed E-state index contributed by atoms with van der Waals surface area (Å²) in [7, 11) is 0. The van der Waals surface area contributed by atoms with Gasteiger partial charge in [0.1, 0.15) is 5.82 Å². The van der Waals surface area contributed by atoms with Gasteiger partial charge in [0.2, 0.25) is 0 Å². The summed E-state index contributed by atoms with van der Waals surface area (Å²) >= 11 is 0. The molecule has 0 unspecified atom stereocenters. The molecule has 0 fully saturated rings. The number of imidazole rings is 1. The van der Waals surface area contributed by atoms with Crippen LogP contribution in [0.4, 0.5) is 0 Å². The van der Waals surface area contributed by atoms with Gasteiger partial charge in [-0.15, -0.1) is 29.7 Å². The zero-order valence-electron chi connectivity index (χ0n) is 43.3. The van der Waals surface area contributed by atoms with Gasteiger partial charge >= 0.3 is 0 Å². The van der Waals surface area contributed by atoms with Crippen LogP contribution in [0.5, 0.6) is 11.5 Å². The predicted molar refractivity (Wildman–Crippen MR) is 279 cm³/mol. The third-order valence-electron chi connectivity index (χ3n) is 13.3. The number of pyridine rings is 1. The third-order valence-corrected chi connectivity index (χ3v) is 13.3. The van der Waals surface area contributed by atoms with Crippen LogP contribution < -0.4 is 9.30 Å². The zero-order valence-corrected chi connectivity index (χ0v) is 40.6. The Kier molecular flexibility index (Phi) is 9.26. The van der Waals surface area contributed by atoms with Crippen LogP contribution in [0.2, 0.25) is 0 Å². The Balaban J connectivity index is 0.00000569. The summed E-state index contributed by atoms with van der Waals surface area (Å²) in [5.74, 6) is 1.77. The number of ether oxygens (including phenoxy) is 1. The van der Waals surface area contributed by atoms with Crippen molar-refractivity contribution in [1.29, 1.82) is 0 Å². The number of fused-ring (bicyclic) bond motifs is 12. The second-order valence-electron chi connectivity index (χ2n) is 18.4. The first-order chi connectivity index (χ1) is 35.9. The second kappa shape index (κ2) is 17.1. The van der Waals surface area contributed by atoms with Crippen molar-refractivity contribution in [3.05, 3.63) is 236 Å². The summed E-state index contributed by atoms with van der Waals surface area (Å²) < 4.78 is 57.6. The number of hydrogen-bond acceptors (Lipinski definition) is 2. The van der Waals surface area contributed by atoms with Gasteiger partial charge in [-0.1, -0.05) is 172 Å². The molecule has 0 atom stereocenters. The molecule has 9 aromatic carbocycles. The first kappa shape index (κ1) is 37.8. The minimum atomic E-state index is -0.455. The molecule has 0 radical (unpaired) electrons. The first-order valence-electron chi connectivity index (χ1n) is 25.5. The fourth-order valence-electron chi connectivity index (χ4n) is 10.0. The fourth-order valence-corrected chi connectivity index (χ4v) is 10.0. The molecule has 338 valence electrons. The molecule has 0 bridgehead atoms. The number of aromatic nitrogens is 4. The van der Waals surface area contributed by atoms with E-state index in [2.05, 4.69) is 129 Å². The zero-order chi connectivity index (χ0) is 50.6. The van der Waals surface area contributed by atoms with Crippen molar-refractivity contribution in [3.63, 3.8) is 0 Å². The minimum absolute atomic E-state index is 0. The van der Waals surface area contributed by atoms with Crippen LogP contribution in [0.3, 0.4) is 0 Å². The number of para-hydroxylation sites is 3. The van der Waals surface area contributed by atoms with Gasteiger partial charge in [-0.25, -0.2) is 4.98 Å². The van der Waals surface area contributed by atoms with Crippen LogP contribution in [0, 0.1) is 18.5 Å². The average Bonchev–Trinajstić information content (AvgIpc) is 3.98. The molecule has 5 nitrogen and oxygen atoms in total. The van der Waals surface area contributed by atoms with E-state index in [0.29, 0.717) is 28.4 Å². The SMILES string of the molecule is [2H]c1c([2H])c([2H])c(-c2cc3c(cc2-[n+]2[c-]n(-c4[c-]c(Oc5[c-]c6c(cc5)c5ccccc5n6-c5cc(C(C)(C)C)ccn5)ccc4)c4ccccc42)-c2ccccc2-c2ccccc2-c2ccccc2-3)c([2H])c1[2H].[Pt]. The Labute approximate surface area is 428 Å². The normalized spacial score (nSPS) is 12.8. The minimum Gasteiger partial charge on any atom is -0.510 e. The Morgan fingerprint density at radius 2 is 1.14 bits per heavy atom. The van der Waals surface area contributed by atoms with Crippen LogP contribution in [-0.4, -0.2) is 14.1 Å². The van der Waals surface area contributed by atoms with Crippen molar-refractivity contribution in [2.45, 2.75) is 26.2 Å². The van der Waals surface area contributed by atoms with Crippen LogP contribution in [0.1, 0.15) is 33.2 Å². The van der Waals surface area contributed by atoms with Crippen LogP contribution in [0.15, 0.2) is 212 Å². The number of nitrogens with zero attached hydrogens (tertiary/aromatic N) is 4. The summed E-state index contributed by atoms with van der Waals surface area (Å²) in [6.45, 7) is 6.60. The maximum absolute atomic E-state index is 9.36. The van der Waals surface area contributed by atoms with E-state index in [4.69, 9.17) is 13.8 Å². The number of hydrogen-bond donors (Lipinski definition) is 0. The van der Waals surface area contributed by atoms with Gasteiger partial charge in [0, 0.05) is 44.3 Å². The Hall–Kier alpha value is -8.11. The molecule has 0 saturated carbocycles. The van der Waals surface area contributed by atoms with Gasteiger partial charge in [-0.2, -0.15) is 18.2 Å². The van der Waals surface area contributed by atoms with Crippen LogP contribution in [-0.2, 0) is 26.5 Å². The van der Waals surface area contributed by atoms with Crippen LogP contribution in [0.25, 0.3) is 106 Å². The smallest absolute Gasteiger partial charge is 0.268 e. The monoisotopic (exact) mass is 1080 g/mol. The van der Waals surface area contributed by atoms with Gasteiger partial charge in [0.05, 0.1) is 23.6 Å². The quantitative estimate of drug-likeness (QED) is 0.123. The Morgan fingerprint density at radius 1 is 0.543 bits per heavy atom. The number of benzene rings is 9. The van der Waals surface area contributed by atoms with Crippen molar-refractivity contribution in [3.8, 4) is 84.3 Å². The maximum Gasteiger partial charge on any atom is 0.268 e. The van der Waals surface area contributed by atoms with E-state index >= 15 is 0 Å². The molecule has 0 spiro atoms. The van der Waals surface area contributed by atoms with Gasteiger partial charge in [0.15, 0.2) is 0 Å². The Bertz CT molecular complexity index is 4280. The molecule has 0 saturated heterocycles. The number of rotatable bonds is 6. The van der Waals surface area contributed by atoms with E-state index in [0.717, 1.165) is 83.2 Å². The molecular formula is C64H44N4OPt-2. The van der Waals surface area contributed by atoms with Gasteiger partial charge in [-0.05, 0) is 108 Å². The third kappa shape index (κ3) is 7.20. The molecular weight excluding hydrogens is 1040 g/mol. The molecule has 0 aliphatic heterocycles. The summed E-state index contributed by atoms with van der Waals surface area (Å²) in [5.41, 5.74) is 14.2. The van der Waals surface area contributed by atoms with Gasteiger partial charge < -0.3 is 13.9 Å². The van der Waals surface area contributed by atoms with Crippen molar-refractivity contribution < 1.29 is 37.2 Å². The average molecular weight is 1090 g/mol. The van der Waals surface area contributed by atoms with Gasteiger partial charge in [-0.3, -0.25) is 4.57 Å². The molecule has 12 aromatic rings. The summed E-state index contributed by atoms with van der Waals surface area (Å²) in [6, 6.07) is 64.5. The standard InChI is InChI=1S/C64H44N4O.Pt/c1-64(2,3)43-34-35-65-63(36-43)68-58-29-14-13-28-53(58)54-33-32-46(38-62(54)68)69-45-21-17-20-44(37-45)66-41-67(60-31-16-15-30-59(60)66)61-40-57-52-27-12-10-25-50(52)48-23-8-7-22-47(48)49-24-9-11-26-51(49)56(57)39-55(61)42-18-5-4-6-19-42;/h4-36,39-40H,1-3H3;/q-2;/i4D,5D,6D,18D,19D;. The molecule has 3 heterocycles. The fraction of sp³-hybridized carbons (Fsp3) is 0.0625. The molecule has 6 heteroatoms. The van der Waals surface area contributed by atoms with E-state index in [1.165, 1.54) is 5.56 Å². The van der Waals surface area contributed by atoms with E-state index in [9.17, 15) is 2.74 Å². The van der Waals surface area contributed by atoms with Crippen molar-refractivity contribution in [2.24, 2.45) is 0 Å². The molecule has 13 rings (SSSR count). The van der Waals surface area contributed by atoms with E-state index < -0.39 is 18.1 Å². The van der Waals surface area contributed by atoms with Crippen molar-refractivity contribution >= 4 is 32.8 Å². The topological polar surface area (TPSA) is 35.9 Å². The molecule has 1 aliphatic rings. The summed E-state index contributed by atoms with van der Waals surface area (Å²) in [6.07, 6.45) is 5.52. The second-order valence-corrected chi connectivity index (χ2v) is 18.4. The molecule has 3 aromatic heterocycles. The Morgan fingerprint density at radius 3 is 1.83 bits per heavy atom.